The van der Waals surface area contributed by atoms with E-state index >= 15 is 0 Å². The van der Waals surface area contributed by atoms with Crippen molar-refractivity contribution in [2.45, 2.75) is 13.8 Å². The number of ether oxygens (including phenoxy) is 1. The highest BCUT2D eigenvalue weighted by atomic mass is 35.5. The molecule has 1 rings (SSSR count). The van der Waals surface area contributed by atoms with Crippen LogP contribution in [0.2, 0.25) is 0 Å². The van der Waals surface area contributed by atoms with Crippen molar-refractivity contribution < 1.29 is 9.57 Å². The Kier molecular flexibility index (Phi) is 6.58. The van der Waals surface area contributed by atoms with Crippen molar-refractivity contribution in [3.05, 3.63) is 0 Å². The number of nitrogens with zero attached hydrogens (tertiary/aromatic N) is 5. The molecule has 0 aliphatic carbocycles. The van der Waals surface area contributed by atoms with Crippen LogP contribution in [0.15, 0.2) is 0 Å². The highest BCUT2D eigenvalue weighted by Crippen LogP contribution is 2.17. The van der Waals surface area contributed by atoms with Gasteiger partial charge in [-0.15, -0.1) is 11.6 Å². The lowest BCUT2D eigenvalue weighted by Crippen LogP contribution is -2.27. The van der Waals surface area contributed by atoms with Gasteiger partial charge in [-0.25, -0.2) is 5.06 Å². The molecule has 0 unspecified atom stereocenters. The molecule has 0 saturated heterocycles. The predicted octanol–water partition coefficient (Wildman–Crippen LogP) is 1.33. The first-order valence-corrected chi connectivity index (χ1v) is 6.67. The molecule has 0 saturated carbocycles. The summed E-state index contributed by atoms with van der Waals surface area (Å²) in [5.41, 5.74) is 0. The Labute approximate surface area is 118 Å². The van der Waals surface area contributed by atoms with E-state index in [2.05, 4.69) is 15.0 Å². The maximum absolute atomic E-state index is 5.60. The topological polar surface area (TPSA) is 63.6 Å². The molecule has 0 aliphatic heterocycles. The summed E-state index contributed by atoms with van der Waals surface area (Å²) in [7, 11) is 3.26. The van der Waals surface area contributed by atoms with Gasteiger partial charge in [0.1, 0.15) is 6.61 Å². The smallest absolute Gasteiger partial charge is 0.323 e. The molecule has 108 valence electrons. The van der Waals surface area contributed by atoms with E-state index in [4.69, 9.17) is 21.2 Å². The van der Waals surface area contributed by atoms with Crippen molar-refractivity contribution in [3.8, 4) is 6.01 Å². The second kappa shape index (κ2) is 7.96. The summed E-state index contributed by atoms with van der Waals surface area (Å²) >= 11 is 5.60. The van der Waals surface area contributed by atoms with Crippen LogP contribution in [0.5, 0.6) is 6.01 Å². The monoisotopic (exact) mass is 289 g/mol. The molecule has 0 radical (unpaired) electrons. The predicted molar refractivity (Wildman–Crippen MR) is 75.0 cm³/mol. The average Bonchev–Trinajstić information content (AvgIpc) is 2.45. The zero-order valence-corrected chi connectivity index (χ0v) is 12.5. The Morgan fingerprint density at radius 2 is 1.74 bits per heavy atom. The van der Waals surface area contributed by atoms with Gasteiger partial charge < -0.3 is 9.64 Å². The van der Waals surface area contributed by atoms with Gasteiger partial charge in [0.15, 0.2) is 0 Å². The summed E-state index contributed by atoms with van der Waals surface area (Å²) in [6.45, 7) is 6.01. The van der Waals surface area contributed by atoms with Gasteiger partial charge in [-0.2, -0.15) is 15.0 Å². The fourth-order valence-corrected chi connectivity index (χ4v) is 1.48. The van der Waals surface area contributed by atoms with Crippen molar-refractivity contribution in [3.63, 3.8) is 0 Å². The molecule has 8 heteroatoms. The normalized spacial score (nSPS) is 10.4. The number of halogens is 1. The van der Waals surface area contributed by atoms with Crippen molar-refractivity contribution in [1.82, 2.24) is 15.0 Å². The summed E-state index contributed by atoms with van der Waals surface area (Å²) in [4.78, 5) is 19.9. The maximum Gasteiger partial charge on any atom is 0.323 e. The van der Waals surface area contributed by atoms with Crippen LogP contribution in [0.3, 0.4) is 0 Å². The maximum atomic E-state index is 5.60. The zero-order valence-electron chi connectivity index (χ0n) is 11.8. The Morgan fingerprint density at radius 3 is 2.26 bits per heavy atom. The van der Waals surface area contributed by atoms with Gasteiger partial charge >= 0.3 is 6.01 Å². The van der Waals surface area contributed by atoms with E-state index in [1.807, 2.05) is 18.7 Å². The van der Waals surface area contributed by atoms with E-state index in [1.165, 1.54) is 5.06 Å². The summed E-state index contributed by atoms with van der Waals surface area (Å²) in [6.07, 6.45) is 0. The minimum atomic E-state index is 0.247. The molecular formula is C11H20ClN5O2. The third kappa shape index (κ3) is 4.36. The lowest BCUT2D eigenvalue weighted by Gasteiger charge is -2.21. The lowest BCUT2D eigenvalue weighted by atomic mass is 10.5. The minimum absolute atomic E-state index is 0.247. The van der Waals surface area contributed by atoms with Gasteiger partial charge in [-0.1, -0.05) is 0 Å². The molecule has 1 aromatic heterocycles. The molecule has 0 amide bonds. The number of rotatable bonds is 8. The number of hydrogen-bond acceptors (Lipinski definition) is 7. The second-order valence-corrected chi connectivity index (χ2v) is 3.99. The van der Waals surface area contributed by atoms with Gasteiger partial charge in [0.2, 0.25) is 5.95 Å². The van der Waals surface area contributed by atoms with Crippen LogP contribution in [0, 0.1) is 0 Å². The number of hydroxylamine groups is 1. The lowest BCUT2D eigenvalue weighted by molar-refractivity contribution is 0.178. The Hall–Kier alpha value is -1.34. The summed E-state index contributed by atoms with van der Waals surface area (Å²) in [6, 6.07) is 0.247. The minimum Gasteiger partial charge on any atom is -0.462 e. The van der Waals surface area contributed by atoms with Crippen LogP contribution in [-0.4, -0.2) is 54.7 Å². The summed E-state index contributed by atoms with van der Waals surface area (Å²) in [5.74, 6) is 1.33. The van der Waals surface area contributed by atoms with Crippen LogP contribution in [0.4, 0.5) is 11.9 Å². The largest absolute Gasteiger partial charge is 0.462 e. The number of anilines is 2. The molecule has 19 heavy (non-hydrogen) atoms. The highest BCUT2D eigenvalue weighted by Gasteiger charge is 2.14. The second-order valence-electron chi connectivity index (χ2n) is 3.61. The van der Waals surface area contributed by atoms with Crippen LogP contribution >= 0.6 is 11.6 Å². The standard InChI is InChI=1S/C11H20ClN5O2/c1-5-17(6-2)10-13-9(16(3)18-4)14-11(15-10)19-8-7-12/h5-8H2,1-4H3. The van der Waals surface area contributed by atoms with Crippen molar-refractivity contribution in [2.75, 3.05) is 49.7 Å². The van der Waals surface area contributed by atoms with Crippen LogP contribution in [-0.2, 0) is 4.84 Å². The van der Waals surface area contributed by atoms with Gasteiger partial charge in [-0.3, -0.25) is 4.84 Å². The molecule has 1 aromatic rings. The number of aromatic nitrogens is 3. The van der Waals surface area contributed by atoms with Gasteiger partial charge in [-0.05, 0) is 13.8 Å². The van der Waals surface area contributed by atoms with Crippen molar-refractivity contribution >= 4 is 23.5 Å². The van der Waals surface area contributed by atoms with E-state index < -0.39 is 0 Å². The van der Waals surface area contributed by atoms with Crippen LogP contribution in [0.1, 0.15) is 13.8 Å². The molecule has 0 fully saturated rings. The molecule has 0 aliphatic rings. The molecule has 0 bridgehead atoms. The molecule has 0 atom stereocenters. The average molecular weight is 290 g/mol. The molecule has 0 spiro atoms. The first kappa shape index (κ1) is 15.7. The van der Waals surface area contributed by atoms with Crippen LogP contribution in [0.25, 0.3) is 0 Å². The van der Waals surface area contributed by atoms with Gasteiger partial charge in [0.05, 0.1) is 13.0 Å². The first-order chi connectivity index (χ1) is 9.15. The van der Waals surface area contributed by atoms with Gasteiger partial charge in [0.25, 0.3) is 5.95 Å². The highest BCUT2D eigenvalue weighted by molar-refractivity contribution is 6.17. The number of alkyl halides is 1. The van der Waals surface area contributed by atoms with Gasteiger partial charge in [0, 0.05) is 20.1 Å². The van der Waals surface area contributed by atoms with Crippen molar-refractivity contribution in [1.29, 1.82) is 0 Å². The van der Waals surface area contributed by atoms with E-state index in [0.717, 1.165) is 13.1 Å². The quantitative estimate of drug-likeness (QED) is 0.528. The fraction of sp³-hybridized carbons (Fsp3) is 0.727. The van der Waals surface area contributed by atoms with E-state index in [1.54, 1.807) is 14.2 Å². The Morgan fingerprint density at radius 1 is 1.11 bits per heavy atom. The SMILES string of the molecule is CCN(CC)c1nc(OCCCl)nc(N(C)OC)n1. The zero-order chi connectivity index (χ0) is 14.3. The molecule has 1 heterocycles. The van der Waals surface area contributed by atoms with Crippen molar-refractivity contribution in [2.24, 2.45) is 0 Å². The molecule has 7 nitrogen and oxygen atoms in total. The first-order valence-electron chi connectivity index (χ1n) is 6.13. The molecule has 0 N–H and O–H groups in total. The Bertz CT molecular complexity index is 389. The van der Waals surface area contributed by atoms with Crippen LogP contribution < -0.4 is 14.7 Å². The van der Waals surface area contributed by atoms with E-state index in [9.17, 15) is 0 Å². The summed E-state index contributed by atoms with van der Waals surface area (Å²) < 4.78 is 5.37. The third-order valence-corrected chi connectivity index (χ3v) is 2.66. The van der Waals surface area contributed by atoms with E-state index in [-0.39, 0.29) is 6.01 Å². The van der Waals surface area contributed by atoms with E-state index in [0.29, 0.717) is 24.4 Å². The molecular weight excluding hydrogens is 270 g/mol. The fourth-order valence-electron chi connectivity index (χ4n) is 1.40. The molecule has 0 aromatic carbocycles. The third-order valence-electron chi connectivity index (χ3n) is 2.50. The Balaban J connectivity index is 3.07. The number of hydrogen-bond donors (Lipinski definition) is 0. The summed E-state index contributed by atoms with van der Waals surface area (Å²) in [5, 5.41) is 1.45.